The monoisotopic (exact) mass is 296 g/mol. The fourth-order valence-corrected chi connectivity index (χ4v) is 2.69. The van der Waals surface area contributed by atoms with E-state index in [0.29, 0.717) is 23.2 Å². The molecule has 0 unspecified atom stereocenters. The quantitative estimate of drug-likeness (QED) is 0.927. The van der Waals surface area contributed by atoms with Gasteiger partial charge in [-0.15, -0.1) is 0 Å². The topological polar surface area (TPSA) is 55.6 Å². The molecule has 110 valence electrons. The van der Waals surface area contributed by atoms with E-state index in [2.05, 4.69) is 0 Å². The van der Waals surface area contributed by atoms with Gasteiger partial charge >= 0.3 is 0 Å². The van der Waals surface area contributed by atoms with Crippen molar-refractivity contribution in [1.29, 1.82) is 0 Å². The van der Waals surface area contributed by atoms with Gasteiger partial charge in [0.1, 0.15) is 5.75 Å². The SMILES string of the molecule is Cc1cc(Cl)ccc1O[C@@H](C)C(=O)N1CC[C@H](CN)C1. The molecule has 0 bridgehead atoms. The summed E-state index contributed by atoms with van der Waals surface area (Å²) in [5, 5.41) is 0.666. The largest absolute Gasteiger partial charge is 0.481 e. The number of aryl methyl sites for hydroxylation is 1. The highest BCUT2D eigenvalue weighted by molar-refractivity contribution is 6.30. The molecular formula is C15H21ClN2O2. The molecule has 1 aromatic rings. The summed E-state index contributed by atoms with van der Waals surface area (Å²) in [6, 6.07) is 5.39. The summed E-state index contributed by atoms with van der Waals surface area (Å²) in [5.41, 5.74) is 6.58. The lowest BCUT2D eigenvalue weighted by molar-refractivity contribution is -0.137. The molecule has 1 aliphatic heterocycles. The van der Waals surface area contributed by atoms with Crippen molar-refractivity contribution in [3.05, 3.63) is 28.8 Å². The van der Waals surface area contributed by atoms with Gasteiger partial charge in [0.05, 0.1) is 0 Å². The number of carbonyl (C=O) groups excluding carboxylic acids is 1. The maximum atomic E-state index is 12.3. The number of halogens is 1. The van der Waals surface area contributed by atoms with Crippen LogP contribution in [0.4, 0.5) is 0 Å². The van der Waals surface area contributed by atoms with Crippen LogP contribution in [0.1, 0.15) is 18.9 Å². The third-order valence-electron chi connectivity index (χ3n) is 3.72. The van der Waals surface area contributed by atoms with Crippen LogP contribution < -0.4 is 10.5 Å². The van der Waals surface area contributed by atoms with Crippen molar-refractivity contribution in [3.63, 3.8) is 0 Å². The molecule has 0 saturated carbocycles. The van der Waals surface area contributed by atoms with Crippen molar-refractivity contribution in [1.82, 2.24) is 4.90 Å². The van der Waals surface area contributed by atoms with E-state index >= 15 is 0 Å². The molecule has 1 fully saturated rings. The van der Waals surface area contributed by atoms with Crippen molar-refractivity contribution in [3.8, 4) is 5.75 Å². The van der Waals surface area contributed by atoms with E-state index in [4.69, 9.17) is 22.1 Å². The molecule has 1 aliphatic rings. The molecule has 0 aliphatic carbocycles. The van der Waals surface area contributed by atoms with Crippen LogP contribution in [0.2, 0.25) is 5.02 Å². The van der Waals surface area contributed by atoms with Gasteiger partial charge in [-0.1, -0.05) is 11.6 Å². The molecule has 0 aromatic heterocycles. The minimum Gasteiger partial charge on any atom is -0.481 e. The first-order chi connectivity index (χ1) is 9.51. The molecule has 2 rings (SSSR count). The van der Waals surface area contributed by atoms with Gasteiger partial charge in [0, 0.05) is 18.1 Å². The average Bonchev–Trinajstić information content (AvgIpc) is 2.89. The lowest BCUT2D eigenvalue weighted by atomic mass is 10.1. The van der Waals surface area contributed by atoms with Crippen LogP contribution in [0.5, 0.6) is 5.75 Å². The molecular weight excluding hydrogens is 276 g/mol. The summed E-state index contributed by atoms with van der Waals surface area (Å²) in [7, 11) is 0. The first kappa shape index (κ1) is 15.1. The fraction of sp³-hybridized carbons (Fsp3) is 0.533. The second-order valence-corrected chi connectivity index (χ2v) is 5.78. The van der Waals surface area contributed by atoms with Crippen molar-refractivity contribution in [2.75, 3.05) is 19.6 Å². The smallest absolute Gasteiger partial charge is 0.263 e. The number of benzene rings is 1. The zero-order chi connectivity index (χ0) is 14.7. The van der Waals surface area contributed by atoms with Gasteiger partial charge in [0.25, 0.3) is 5.91 Å². The summed E-state index contributed by atoms with van der Waals surface area (Å²) < 4.78 is 5.76. The average molecular weight is 297 g/mol. The third-order valence-corrected chi connectivity index (χ3v) is 3.95. The van der Waals surface area contributed by atoms with Crippen LogP contribution in [0, 0.1) is 12.8 Å². The van der Waals surface area contributed by atoms with E-state index in [1.807, 2.05) is 17.9 Å². The Morgan fingerprint density at radius 2 is 2.35 bits per heavy atom. The number of nitrogens with zero attached hydrogens (tertiary/aromatic N) is 1. The number of nitrogens with two attached hydrogens (primary N) is 1. The molecule has 20 heavy (non-hydrogen) atoms. The lowest BCUT2D eigenvalue weighted by Crippen LogP contribution is -2.39. The highest BCUT2D eigenvalue weighted by atomic mass is 35.5. The van der Waals surface area contributed by atoms with Gasteiger partial charge in [-0.2, -0.15) is 0 Å². The molecule has 5 heteroatoms. The van der Waals surface area contributed by atoms with Crippen molar-refractivity contribution in [2.24, 2.45) is 11.7 Å². The Hall–Kier alpha value is -1.26. The molecule has 1 heterocycles. The number of amides is 1. The fourth-order valence-electron chi connectivity index (χ4n) is 2.47. The molecule has 1 aromatic carbocycles. The summed E-state index contributed by atoms with van der Waals surface area (Å²) >= 11 is 5.91. The number of rotatable bonds is 4. The zero-order valence-corrected chi connectivity index (χ0v) is 12.7. The van der Waals surface area contributed by atoms with Gasteiger partial charge < -0.3 is 15.4 Å². The van der Waals surface area contributed by atoms with Crippen LogP contribution >= 0.6 is 11.6 Å². The molecule has 0 spiro atoms. The second-order valence-electron chi connectivity index (χ2n) is 5.34. The number of ether oxygens (including phenoxy) is 1. The Morgan fingerprint density at radius 1 is 1.60 bits per heavy atom. The second kappa shape index (κ2) is 6.46. The minimum atomic E-state index is -0.494. The molecule has 1 amide bonds. The Kier molecular flexibility index (Phi) is 4.89. The van der Waals surface area contributed by atoms with E-state index < -0.39 is 6.10 Å². The highest BCUT2D eigenvalue weighted by Gasteiger charge is 2.29. The van der Waals surface area contributed by atoms with Crippen LogP contribution in [-0.4, -0.2) is 36.5 Å². The van der Waals surface area contributed by atoms with E-state index in [1.54, 1.807) is 19.1 Å². The molecule has 0 radical (unpaired) electrons. The number of hydrogen-bond acceptors (Lipinski definition) is 3. The Labute approximate surface area is 124 Å². The standard InChI is InChI=1S/C15H21ClN2O2/c1-10-7-13(16)3-4-14(10)20-11(2)15(19)18-6-5-12(8-17)9-18/h3-4,7,11-12H,5-6,8-9,17H2,1-2H3/t11-,12+/m0/s1. The number of likely N-dealkylation sites (tertiary alicyclic amines) is 1. The lowest BCUT2D eigenvalue weighted by Gasteiger charge is -2.22. The third kappa shape index (κ3) is 3.44. The molecule has 2 atom stereocenters. The summed E-state index contributed by atoms with van der Waals surface area (Å²) in [4.78, 5) is 14.2. The van der Waals surface area contributed by atoms with Crippen LogP contribution in [0.3, 0.4) is 0 Å². The van der Waals surface area contributed by atoms with Gasteiger partial charge in [0.2, 0.25) is 0 Å². The predicted octanol–water partition coefficient (Wildman–Crippen LogP) is 2.22. The summed E-state index contributed by atoms with van der Waals surface area (Å²) in [6.45, 7) is 5.84. The molecule has 4 nitrogen and oxygen atoms in total. The van der Waals surface area contributed by atoms with Crippen molar-refractivity contribution in [2.45, 2.75) is 26.4 Å². The van der Waals surface area contributed by atoms with Crippen LogP contribution in [0.25, 0.3) is 0 Å². The van der Waals surface area contributed by atoms with E-state index in [0.717, 1.165) is 25.1 Å². The normalized spacial score (nSPS) is 20.0. The summed E-state index contributed by atoms with van der Waals surface area (Å²) in [5.74, 6) is 1.14. The Balaban J connectivity index is 1.97. The van der Waals surface area contributed by atoms with E-state index in [9.17, 15) is 4.79 Å². The van der Waals surface area contributed by atoms with Crippen LogP contribution in [-0.2, 0) is 4.79 Å². The zero-order valence-electron chi connectivity index (χ0n) is 11.9. The van der Waals surface area contributed by atoms with Gasteiger partial charge in [0.15, 0.2) is 6.10 Å². The number of carbonyl (C=O) groups is 1. The first-order valence-electron chi connectivity index (χ1n) is 6.93. The van der Waals surface area contributed by atoms with Gasteiger partial charge in [-0.3, -0.25) is 4.79 Å². The highest BCUT2D eigenvalue weighted by Crippen LogP contribution is 2.24. The van der Waals surface area contributed by atoms with Gasteiger partial charge in [-0.05, 0) is 56.5 Å². The summed E-state index contributed by atoms with van der Waals surface area (Å²) in [6.07, 6.45) is 0.487. The van der Waals surface area contributed by atoms with E-state index in [-0.39, 0.29) is 5.91 Å². The number of hydrogen-bond donors (Lipinski definition) is 1. The van der Waals surface area contributed by atoms with E-state index in [1.165, 1.54) is 0 Å². The predicted molar refractivity (Wildman–Crippen MR) is 80.0 cm³/mol. The van der Waals surface area contributed by atoms with Crippen LogP contribution in [0.15, 0.2) is 18.2 Å². The minimum absolute atomic E-state index is 0.0234. The molecule has 1 saturated heterocycles. The first-order valence-corrected chi connectivity index (χ1v) is 7.30. The Bertz CT molecular complexity index is 493. The van der Waals surface area contributed by atoms with Crippen molar-refractivity contribution < 1.29 is 9.53 Å². The molecule has 2 N–H and O–H groups in total. The van der Waals surface area contributed by atoms with Gasteiger partial charge in [-0.25, -0.2) is 0 Å². The maximum Gasteiger partial charge on any atom is 0.263 e. The van der Waals surface area contributed by atoms with Crippen molar-refractivity contribution >= 4 is 17.5 Å². The Morgan fingerprint density at radius 3 is 2.95 bits per heavy atom. The maximum absolute atomic E-state index is 12.3.